The normalized spacial score (nSPS) is 14.2. The number of nitrogens with one attached hydrogen (secondary N) is 2. The number of hydrogen-bond donors (Lipinski definition) is 2. The second-order valence-corrected chi connectivity index (χ2v) is 12.0. The van der Waals surface area contributed by atoms with Gasteiger partial charge in [0.15, 0.2) is 0 Å². The lowest BCUT2D eigenvalue weighted by Crippen LogP contribution is -2.37. The molecule has 9 nitrogen and oxygen atoms in total. The predicted molar refractivity (Wildman–Crippen MR) is 183 cm³/mol. The molecule has 7 rings (SSSR count). The first-order valence-corrected chi connectivity index (χ1v) is 15.8. The molecule has 2 N–H and O–H groups in total. The highest BCUT2D eigenvalue weighted by molar-refractivity contribution is 5.93. The van der Waals surface area contributed by atoms with Gasteiger partial charge in [0.1, 0.15) is 0 Å². The third kappa shape index (κ3) is 5.54. The zero-order valence-electron chi connectivity index (χ0n) is 26.0. The number of hydrogen-bond acceptors (Lipinski definition) is 5. The second kappa shape index (κ2) is 12.3. The van der Waals surface area contributed by atoms with Gasteiger partial charge in [0.25, 0.3) is 5.56 Å². The summed E-state index contributed by atoms with van der Waals surface area (Å²) < 4.78 is 3.61. The lowest BCUT2D eigenvalue weighted by Gasteiger charge is -2.32. The first kappa shape index (κ1) is 29.4. The van der Waals surface area contributed by atoms with Gasteiger partial charge in [-0.05, 0) is 54.3 Å². The van der Waals surface area contributed by atoms with E-state index in [0.29, 0.717) is 23.0 Å². The van der Waals surface area contributed by atoms with Crippen LogP contribution in [0.25, 0.3) is 44.3 Å². The van der Waals surface area contributed by atoms with Crippen LogP contribution in [-0.2, 0) is 18.4 Å². The van der Waals surface area contributed by atoms with E-state index in [2.05, 4.69) is 39.5 Å². The van der Waals surface area contributed by atoms with Crippen molar-refractivity contribution in [3.8, 4) is 22.4 Å². The number of aromatic nitrogens is 4. The summed E-state index contributed by atoms with van der Waals surface area (Å²) in [6, 6.07) is 28.1. The molecule has 1 fully saturated rings. The molecule has 9 heteroatoms. The molecule has 1 amide bonds. The molecule has 232 valence electrons. The molecule has 0 saturated carbocycles. The van der Waals surface area contributed by atoms with Crippen molar-refractivity contribution in [3.05, 3.63) is 118 Å². The number of benzene rings is 3. The average Bonchev–Trinajstić information content (AvgIpc) is 3.33. The largest absolute Gasteiger partial charge is 0.329 e. The molecule has 0 unspecified atom stereocenters. The van der Waals surface area contributed by atoms with Gasteiger partial charge in [-0.25, -0.2) is 9.78 Å². The number of carbonyl (C=O) groups excluding carboxylic acids is 1. The number of aryl methyl sites for hydroxylation is 1. The lowest BCUT2D eigenvalue weighted by atomic mass is 9.97. The van der Waals surface area contributed by atoms with Gasteiger partial charge in [0.05, 0.1) is 27.6 Å². The van der Waals surface area contributed by atoms with Crippen LogP contribution in [0.5, 0.6) is 0 Å². The molecular formula is C37H36N6O3. The number of aromatic amines is 1. The Kier molecular flexibility index (Phi) is 7.84. The SMILES string of the molecule is CCC(=O)Nc1ccc2c(c1)n(C1CCN(Cc3ccc(-c4nc5cc[nH]c(=O)c5cc4-c4ccccc4)cc3)CC1)c(=O)n2C. The maximum atomic E-state index is 13.3. The molecule has 0 atom stereocenters. The first-order chi connectivity index (χ1) is 22.4. The molecule has 6 aromatic rings. The number of piperidine rings is 1. The number of rotatable bonds is 7. The van der Waals surface area contributed by atoms with Crippen molar-refractivity contribution in [1.82, 2.24) is 24.0 Å². The van der Waals surface area contributed by atoms with Crippen molar-refractivity contribution >= 4 is 33.5 Å². The standard InChI is InChI=1S/C37H36N6O3/c1-3-34(44)39-27-13-14-32-33(21-27)43(37(46)41(32)2)28-16-19-42(20-17-28)23-24-9-11-26(12-10-24)35-29(25-7-5-4-6-8-25)22-30-31(40-35)15-18-38-36(30)45/h4-15,18,21-22,28H,3,16-17,19-20,23H2,1-2H3,(H,38,45)(H,39,44). The Bertz CT molecular complexity index is 2170. The molecule has 1 aliphatic heterocycles. The van der Waals surface area contributed by atoms with Gasteiger partial charge in [0.2, 0.25) is 5.91 Å². The van der Waals surface area contributed by atoms with Crippen molar-refractivity contribution in [2.45, 2.75) is 38.8 Å². The van der Waals surface area contributed by atoms with Crippen LogP contribution in [0.15, 0.2) is 101 Å². The summed E-state index contributed by atoms with van der Waals surface area (Å²) in [4.78, 5) is 48.0. The van der Waals surface area contributed by atoms with E-state index in [0.717, 1.165) is 65.9 Å². The second-order valence-electron chi connectivity index (χ2n) is 12.0. The van der Waals surface area contributed by atoms with Gasteiger partial charge in [-0.3, -0.25) is 23.6 Å². The fraction of sp³-hybridized carbons (Fsp3) is 0.243. The van der Waals surface area contributed by atoms with Crippen molar-refractivity contribution in [2.75, 3.05) is 18.4 Å². The van der Waals surface area contributed by atoms with E-state index >= 15 is 0 Å². The fourth-order valence-electron chi connectivity index (χ4n) is 6.58. The van der Waals surface area contributed by atoms with Crippen LogP contribution in [-0.4, -0.2) is 43.0 Å². The number of amides is 1. The summed E-state index contributed by atoms with van der Waals surface area (Å²) >= 11 is 0. The fourth-order valence-corrected chi connectivity index (χ4v) is 6.58. The summed E-state index contributed by atoms with van der Waals surface area (Å²) in [6.07, 6.45) is 3.77. The Hall–Kier alpha value is -5.28. The quantitative estimate of drug-likeness (QED) is 0.227. The Labute approximate surface area is 266 Å². The minimum Gasteiger partial charge on any atom is -0.328 e. The first-order valence-electron chi connectivity index (χ1n) is 15.8. The minimum atomic E-state index is -0.150. The smallest absolute Gasteiger partial charge is 0.328 e. The Morgan fingerprint density at radius 1 is 0.913 bits per heavy atom. The summed E-state index contributed by atoms with van der Waals surface area (Å²) in [7, 11) is 1.81. The number of nitrogens with zero attached hydrogens (tertiary/aromatic N) is 4. The molecule has 1 saturated heterocycles. The van der Waals surface area contributed by atoms with Crippen LogP contribution in [0.3, 0.4) is 0 Å². The van der Waals surface area contributed by atoms with Crippen LogP contribution in [0, 0.1) is 0 Å². The van der Waals surface area contributed by atoms with E-state index in [1.165, 1.54) is 5.56 Å². The summed E-state index contributed by atoms with van der Waals surface area (Å²) in [5.74, 6) is -0.0488. The molecule has 0 bridgehead atoms. The molecule has 0 aliphatic carbocycles. The minimum absolute atomic E-state index is 0.0233. The van der Waals surface area contributed by atoms with Crippen LogP contribution >= 0.6 is 0 Å². The molecule has 3 aromatic heterocycles. The van der Waals surface area contributed by atoms with Gasteiger partial charge in [0, 0.05) is 62.2 Å². The van der Waals surface area contributed by atoms with Gasteiger partial charge in [-0.2, -0.15) is 0 Å². The van der Waals surface area contributed by atoms with Crippen LogP contribution < -0.4 is 16.6 Å². The number of likely N-dealkylation sites (tertiary alicyclic amines) is 1. The molecule has 1 aliphatic rings. The molecule has 0 radical (unpaired) electrons. The number of fused-ring (bicyclic) bond motifs is 2. The molecule has 0 spiro atoms. The van der Waals surface area contributed by atoms with Crippen molar-refractivity contribution in [3.63, 3.8) is 0 Å². The van der Waals surface area contributed by atoms with Crippen LogP contribution in [0.2, 0.25) is 0 Å². The third-order valence-corrected chi connectivity index (χ3v) is 9.09. The van der Waals surface area contributed by atoms with Crippen molar-refractivity contribution < 1.29 is 4.79 Å². The number of carbonyl (C=O) groups is 1. The van der Waals surface area contributed by atoms with Crippen LogP contribution in [0.1, 0.15) is 37.8 Å². The zero-order valence-corrected chi connectivity index (χ0v) is 26.0. The Balaban J connectivity index is 1.09. The highest BCUT2D eigenvalue weighted by Crippen LogP contribution is 2.33. The van der Waals surface area contributed by atoms with Crippen molar-refractivity contribution in [1.29, 1.82) is 0 Å². The van der Waals surface area contributed by atoms with Gasteiger partial charge in [-0.1, -0.05) is 61.5 Å². The van der Waals surface area contributed by atoms with E-state index in [1.807, 2.05) is 72.2 Å². The Morgan fingerprint density at radius 3 is 2.41 bits per heavy atom. The van der Waals surface area contributed by atoms with Gasteiger partial charge >= 0.3 is 5.69 Å². The predicted octanol–water partition coefficient (Wildman–Crippen LogP) is 6.10. The molecule has 46 heavy (non-hydrogen) atoms. The Morgan fingerprint density at radius 2 is 1.67 bits per heavy atom. The van der Waals surface area contributed by atoms with E-state index in [-0.39, 0.29) is 23.2 Å². The summed E-state index contributed by atoms with van der Waals surface area (Å²) in [5.41, 5.74) is 7.90. The lowest BCUT2D eigenvalue weighted by molar-refractivity contribution is -0.115. The molecule has 4 heterocycles. The monoisotopic (exact) mass is 612 g/mol. The van der Waals surface area contributed by atoms with E-state index in [9.17, 15) is 14.4 Å². The van der Waals surface area contributed by atoms with Crippen LogP contribution in [0.4, 0.5) is 5.69 Å². The van der Waals surface area contributed by atoms with E-state index in [1.54, 1.807) is 17.8 Å². The summed E-state index contributed by atoms with van der Waals surface area (Å²) in [6.45, 7) is 4.39. The van der Waals surface area contributed by atoms with E-state index in [4.69, 9.17) is 4.98 Å². The highest BCUT2D eigenvalue weighted by atomic mass is 16.2. The zero-order chi connectivity index (χ0) is 31.8. The summed E-state index contributed by atoms with van der Waals surface area (Å²) in [5, 5.41) is 3.49. The average molecular weight is 613 g/mol. The van der Waals surface area contributed by atoms with Gasteiger partial charge < -0.3 is 10.3 Å². The number of H-pyrrole nitrogens is 1. The molecular weight excluding hydrogens is 576 g/mol. The number of imidazole rings is 1. The van der Waals surface area contributed by atoms with Gasteiger partial charge in [-0.15, -0.1) is 0 Å². The topological polar surface area (TPSA) is 105 Å². The number of anilines is 1. The van der Waals surface area contributed by atoms with E-state index < -0.39 is 0 Å². The maximum Gasteiger partial charge on any atom is 0.329 e. The number of pyridine rings is 2. The highest BCUT2D eigenvalue weighted by Gasteiger charge is 2.25. The maximum absolute atomic E-state index is 13.3. The molecule has 3 aromatic carbocycles. The third-order valence-electron chi connectivity index (χ3n) is 9.09. The van der Waals surface area contributed by atoms with Crippen molar-refractivity contribution in [2.24, 2.45) is 7.05 Å².